The summed E-state index contributed by atoms with van der Waals surface area (Å²) in [7, 11) is 0. The molecule has 8 nitrogen and oxygen atoms in total. The van der Waals surface area contributed by atoms with E-state index in [9.17, 15) is 41.0 Å². The molecule has 2 saturated heterocycles. The number of halogens is 6. The Balaban J connectivity index is 1.23. The second kappa shape index (κ2) is 10.6. The maximum atomic E-state index is 13.1. The average molecular weight is 575 g/mol. The van der Waals surface area contributed by atoms with Gasteiger partial charge >= 0.3 is 24.4 Å². The summed E-state index contributed by atoms with van der Waals surface area (Å²) < 4.78 is 85.8. The zero-order valence-corrected chi connectivity index (χ0v) is 21.3. The first-order valence-electron chi connectivity index (χ1n) is 13.0. The number of amides is 1. The molecule has 0 spiro atoms. The van der Waals surface area contributed by atoms with Gasteiger partial charge in [-0.15, -0.1) is 0 Å². The molecule has 2 unspecified atom stereocenters. The molecule has 14 heteroatoms. The normalized spacial score (nSPS) is 23.6. The smallest absolute Gasteiger partial charge is 0.416 e. The third-order valence-corrected chi connectivity index (χ3v) is 7.91. The van der Waals surface area contributed by atoms with Gasteiger partial charge in [0, 0.05) is 31.7 Å². The van der Waals surface area contributed by atoms with Gasteiger partial charge in [-0.2, -0.15) is 31.4 Å². The quantitative estimate of drug-likeness (QED) is 0.489. The molecule has 0 radical (unpaired) electrons. The maximum absolute atomic E-state index is 13.1. The van der Waals surface area contributed by atoms with Gasteiger partial charge in [-0.25, -0.2) is 4.79 Å². The van der Waals surface area contributed by atoms with E-state index in [1.54, 1.807) is 4.68 Å². The summed E-state index contributed by atoms with van der Waals surface area (Å²) in [6.45, 7) is 0.734. The number of alkyl halides is 6. The van der Waals surface area contributed by atoms with Gasteiger partial charge in [0.05, 0.1) is 35.0 Å². The highest BCUT2D eigenvalue weighted by atomic mass is 19.4. The van der Waals surface area contributed by atoms with Crippen molar-refractivity contribution < 1.29 is 45.8 Å². The topological polar surface area (TPSA) is 87.9 Å². The summed E-state index contributed by atoms with van der Waals surface area (Å²) in [5.41, 5.74) is -1.84. The number of carboxylic acids is 1. The molecule has 1 aromatic carbocycles. The number of rotatable bonds is 5. The number of piperidine rings is 1. The number of aromatic nitrogens is 2. The monoisotopic (exact) mass is 574 g/mol. The number of benzene rings is 1. The van der Waals surface area contributed by atoms with E-state index < -0.39 is 47.7 Å². The van der Waals surface area contributed by atoms with E-state index in [2.05, 4.69) is 10.00 Å². The van der Waals surface area contributed by atoms with Crippen molar-refractivity contribution in [2.45, 2.75) is 82.8 Å². The van der Waals surface area contributed by atoms with Crippen LogP contribution < -0.4 is 0 Å². The molecule has 1 aromatic heterocycles. The molecule has 0 aliphatic carbocycles. The number of carboxylic acid groups (broad SMARTS) is 1. The van der Waals surface area contributed by atoms with Crippen LogP contribution in [-0.2, 0) is 48.1 Å². The summed E-state index contributed by atoms with van der Waals surface area (Å²) in [4.78, 5) is 27.9. The first kappa shape index (κ1) is 28.2. The molecule has 1 amide bonds. The fourth-order valence-corrected chi connectivity index (χ4v) is 6.01. The molecule has 40 heavy (non-hydrogen) atoms. The second-order valence-electron chi connectivity index (χ2n) is 10.7. The highest BCUT2D eigenvalue weighted by Gasteiger charge is 2.43. The van der Waals surface area contributed by atoms with E-state index in [1.807, 2.05) is 6.07 Å². The number of nitrogens with zero attached hydrogens (tertiary/aromatic N) is 4. The van der Waals surface area contributed by atoms with Crippen molar-refractivity contribution in [1.29, 1.82) is 0 Å². The Kier molecular flexibility index (Phi) is 7.48. The summed E-state index contributed by atoms with van der Waals surface area (Å²) >= 11 is 0. The number of aryl methyl sites for hydroxylation is 1. The van der Waals surface area contributed by atoms with Gasteiger partial charge in [-0.05, 0) is 61.9 Å². The van der Waals surface area contributed by atoms with E-state index in [0.717, 1.165) is 24.2 Å². The number of carbonyl (C=O) groups is 2. The van der Waals surface area contributed by atoms with Crippen molar-refractivity contribution in [2.75, 3.05) is 6.54 Å². The molecule has 218 valence electrons. The third kappa shape index (κ3) is 6.06. The molecule has 2 atom stereocenters. The Morgan fingerprint density at radius 1 is 0.950 bits per heavy atom. The largest absolute Gasteiger partial charge is 0.481 e. The van der Waals surface area contributed by atoms with Gasteiger partial charge in [0.15, 0.2) is 0 Å². The van der Waals surface area contributed by atoms with E-state index in [4.69, 9.17) is 4.74 Å². The molecule has 2 fully saturated rings. The van der Waals surface area contributed by atoms with Crippen LogP contribution >= 0.6 is 0 Å². The predicted octanol–water partition coefficient (Wildman–Crippen LogP) is 5.29. The van der Waals surface area contributed by atoms with Crippen LogP contribution in [0.15, 0.2) is 24.3 Å². The number of fused-ring (bicyclic) bond motifs is 3. The van der Waals surface area contributed by atoms with Crippen molar-refractivity contribution >= 4 is 12.1 Å². The molecule has 1 N–H and O–H groups in total. The molecule has 4 heterocycles. The van der Waals surface area contributed by atoms with Gasteiger partial charge in [0.2, 0.25) is 0 Å². The SMILES string of the molecule is O=C(O)C1CC2CCC(C1)N2Cc1cc2n(n1)CCCN(C(=O)OCc1cc(C(F)(F)F)cc(C(F)(F)F)c1)C2. The van der Waals surface area contributed by atoms with Crippen molar-refractivity contribution in [1.82, 2.24) is 19.6 Å². The Bertz CT molecular complexity index is 1230. The lowest BCUT2D eigenvalue weighted by Crippen LogP contribution is -2.44. The molecule has 0 saturated carbocycles. The van der Waals surface area contributed by atoms with E-state index in [-0.39, 0.29) is 37.2 Å². The van der Waals surface area contributed by atoms with Crippen LogP contribution in [0.5, 0.6) is 0 Å². The van der Waals surface area contributed by atoms with Gasteiger partial charge < -0.3 is 14.7 Å². The molecular weight excluding hydrogens is 546 g/mol. The second-order valence-corrected chi connectivity index (χ2v) is 10.7. The van der Waals surface area contributed by atoms with Crippen LogP contribution in [-0.4, -0.2) is 55.4 Å². The lowest BCUT2D eigenvalue weighted by molar-refractivity contribution is -0.145. The van der Waals surface area contributed by atoms with E-state index in [1.165, 1.54) is 4.90 Å². The summed E-state index contributed by atoms with van der Waals surface area (Å²) in [6.07, 6.45) is -7.21. The molecule has 5 rings (SSSR count). The standard InChI is InChI=1S/C26H28F6N4O4/c27-25(28,29)17-6-15(7-18(10-17)26(30,31)32)14-40-24(39)34-4-1-5-36-22(13-34)11-19(33-36)12-35-20-2-3-21(35)9-16(8-20)23(37)38/h6-7,10-11,16,20-21H,1-5,8-9,12-14H2,(H,37,38). The highest BCUT2D eigenvalue weighted by molar-refractivity contribution is 5.70. The lowest BCUT2D eigenvalue weighted by atomic mass is 9.91. The number of hydrogen-bond acceptors (Lipinski definition) is 5. The summed E-state index contributed by atoms with van der Waals surface area (Å²) in [5.74, 6) is -1.09. The van der Waals surface area contributed by atoms with E-state index >= 15 is 0 Å². The molecule has 2 aromatic rings. The van der Waals surface area contributed by atoms with Crippen LogP contribution in [0.4, 0.5) is 31.1 Å². The highest BCUT2D eigenvalue weighted by Crippen LogP contribution is 2.40. The first-order valence-corrected chi connectivity index (χ1v) is 13.0. The minimum absolute atomic E-state index is 0.0265. The van der Waals surface area contributed by atoms with Crippen LogP contribution in [0, 0.1) is 5.92 Å². The third-order valence-electron chi connectivity index (χ3n) is 7.91. The number of ether oxygens (including phenoxy) is 1. The molecule has 2 bridgehead atoms. The summed E-state index contributed by atoms with van der Waals surface area (Å²) in [5, 5.41) is 14.1. The minimum atomic E-state index is -4.99. The molecular formula is C26H28F6N4O4. The van der Waals surface area contributed by atoms with Crippen LogP contribution in [0.2, 0.25) is 0 Å². The van der Waals surface area contributed by atoms with Crippen molar-refractivity contribution in [3.05, 3.63) is 52.3 Å². The fourth-order valence-electron chi connectivity index (χ4n) is 6.01. The zero-order valence-electron chi connectivity index (χ0n) is 21.3. The van der Waals surface area contributed by atoms with Crippen molar-refractivity contribution in [3.63, 3.8) is 0 Å². The first-order chi connectivity index (χ1) is 18.8. The average Bonchev–Trinajstić information content (AvgIpc) is 3.25. The molecule has 3 aliphatic rings. The minimum Gasteiger partial charge on any atom is -0.481 e. The zero-order chi connectivity index (χ0) is 28.8. The Morgan fingerprint density at radius 3 is 2.15 bits per heavy atom. The van der Waals surface area contributed by atoms with Crippen molar-refractivity contribution in [3.8, 4) is 0 Å². The Hall–Kier alpha value is -3.29. The Labute approximate surface area is 225 Å². The maximum Gasteiger partial charge on any atom is 0.416 e. The lowest BCUT2D eigenvalue weighted by Gasteiger charge is -2.37. The number of aliphatic carboxylic acids is 1. The van der Waals surface area contributed by atoms with Crippen LogP contribution in [0.1, 0.15) is 60.2 Å². The number of carbonyl (C=O) groups excluding carboxylic acids is 1. The number of hydrogen-bond donors (Lipinski definition) is 1. The summed E-state index contributed by atoms with van der Waals surface area (Å²) in [6, 6.07) is 3.34. The van der Waals surface area contributed by atoms with Gasteiger partial charge in [0.25, 0.3) is 0 Å². The van der Waals surface area contributed by atoms with Crippen LogP contribution in [0.3, 0.4) is 0 Å². The predicted molar refractivity (Wildman–Crippen MR) is 127 cm³/mol. The molecule has 3 aliphatic heterocycles. The van der Waals surface area contributed by atoms with Crippen LogP contribution in [0.25, 0.3) is 0 Å². The Morgan fingerprint density at radius 2 is 1.57 bits per heavy atom. The van der Waals surface area contributed by atoms with E-state index in [0.29, 0.717) is 44.5 Å². The van der Waals surface area contributed by atoms with Crippen molar-refractivity contribution in [2.24, 2.45) is 5.92 Å². The van der Waals surface area contributed by atoms with Gasteiger partial charge in [0.1, 0.15) is 6.61 Å². The fraction of sp³-hybridized carbons (Fsp3) is 0.577. The van der Waals surface area contributed by atoms with Gasteiger partial charge in [-0.1, -0.05) is 0 Å². The van der Waals surface area contributed by atoms with Gasteiger partial charge in [-0.3, -0.25) is 14.4 Å².